The molecule has 6 nitrogen and oxygen atoms in total. The van der Waals surface area contributed by atoms with Crippen molar-refractivity contribution in [3.63, 3.8) is 0 Å². The molecule has 0 aromatic heterocycles. The van der Waals surface area contributed by atoms with Gasteiger partial charge in [0.15, 0.2) is 0 Å². The molecule has 1 fully saturated rings. The molecule has 0 radical (unpaired) electrons. The second-order valence-corrected chi connectivity index (χ2v) is 6.29. The van der Waals surface area contributed by atoms with Gasteiger partial charge in [-0.25, -0.2) is 0 Å². The number of benzene rings is 1. The summed E-state index contributed by atoms with van der Waals surface area (Å²) in [7, 11) is 0. The lowest BCUT2D eigenvalue weighted by Gasteiger charge is -2.33. The van der Waals surface area contributed by atoms with Gasteiger partial charge in [0.1, 0.15) is 0 Å². The first-order valence-corrected chi connectivity index (χ1v) is 8.24. The van der Waals surface area contributed by atoms with Crippen LogP contribution in [0.1, 0.15) is 24.5 Å². The molecule has 0 N–H and O–H groups in total. The van der Waals surface area contributed by atoms with E-state index in [1.165, 1.54) is 6.92 Å². The van der Waals surface area contributed by atoms with E-state index in [2.05, 4.69) is 6.07 Å². The number of piperazine rings is 1. The minimum absolute atomic E-state index is 0.0242. The number of aryl methyl sites for hydroxylation is 2. The maximum Gasteiger partial charge on any atom is 0.224 e. The topological polar surface area (TPSA) is 60.9 Å². The van der Waals surface area contributed by atoms with Crippen molar-refractivity contribution in [1.29, 1.82) is 0 Å². The van der Waals surface area contributed by atoms with E-state index in [-0.39, 0.29) is 18.2 Å². The average Bonchev–Trinajstić information content (AvgIpc) is 2.53. The van der Waals surface area contributed by atoms with Crippen molar-refractivity contribution in [3.05, 3.63) is 29.3 Å². The number of carbonyl (C=O) groups excluding carboxylic acids is 3. The summed E-state index contributed by atoms with van der Waals surface area (Å²) in [4.78, 5) is 40.2. The second kappa shape index (κ2) is 7.95. The molecule has 1 aliphatic rings. The van der Waals surface area contributed by atoms with Gasteiger partial charge in [-0.3, -0.25) is 14.4 Å². The Morgan fingerprint density at radius 1 is 1.08 bits per heavy atom. The normalized spacial score (nSPS) is 14.5. The molecule has 0 saturated carbocycles. The minimum Gasteiger partial charge on any atom is -0.342 e. The Bertz CT molecular complexity index is 602. The molecular formula is C18H25N3O3. The van der Waals surface area contributed by atoms with Crippen LogP contribution in [-0.2, 0) is 14.4 Å². The zero-order chi connectivity index (χ0) is 17.7. The molecule has 1 aromatic carbocycles. The molecule has 130 valence electrons. The van der Waals surface area contributed by atoms with E-state index < -0.39 is 0 Å². The summed E-state index contributed by atoms with van der Waals surface area (Å²) in [6.45, 7) is 8.13. The molecule has 1 heterocycles. The minimum atomic E-state index is -0.0708. The number of hydrogen-bond acceptors (Lipinski definition) is 3. The largest absolute Gasteiger partial charge is 0.342 e. The maximum absolute atomic E-state index is 12.4. The number of nitrogens with zero attached hydrogens (tertiary/aromatic N) is 3. The van der Waals surface area contributed by atoms with E-state index in [0.717, 1.165) is 23.2 Å². The fourth-order valence-electron chi connectivity index (χ4n) is 3.02. The predicted octanol–water partition coefficient (Wildman–Crippen LogP) is 1.35. The van der Waals surface area contributed by atoms with Gasteiger partial charge >= 0.3 is 0 Å². The van der Waals surface area contributed by atoms with Crippen LogP contribution in [0.5, 0.6) is 0 Å². The summed E-state index contributed by atoms with van der Waals surface area (Å²) in [5.74, 6) is -0.0465. The van der Waals surface area contributed by atoms with Crippen LogP contribution in [0, 0.1) is 13.8 Å². The van der Waals surface area contributed by atoms with Crippen LogP contribution in [0.2, 0.25) is 0 Å². The highest BCUT2D eigenvalue weighted by molar-refractivity contribution is 5.92. The molecule has 0 bridgehead atoms. The number of amides is 3. The first kappa shape index (κ1) is 18.0. The van der Waals surface area contributed by atoms with Crippen molar-refractivity contribution < 1.29 is 14.4 Å². The molecular weight excluding hydrogens is 306 g/mol. The molecule has 1 aliphatic heterocycles. The van der Waals surface area contributed by atoms with Gasteiger partial charge in [0.25, 0.3) is 0 Å². The van der Waals surface area contributed by atoms with E-state index in [9.17, 15) is 14.4 Å². The standard InChI is InChI=1S/C18H25N3O3/c1-14-10-15(2)12-17(11-14)21(16(3)23)5-4-18(24)20-8-6-19(13-22)7-9-20/h10-13H,4-9H2,1-3H3. The van der Waals surface area contributed by atoms with Crippen molar-refractivity contribution in [1.82, 2.24) is 9.80 Å². The van der Waals surface area contributed by atoms with Crippen LogP contribution in [0.15, 0.2) is 18.2 Å². The SMILES string of the molecule is CC(=O)N(CCC(=O)N1CCN(C=O)CC1)c1cc(C)cc(C)c1. The lowest BCUT2D eigenvalue weighted by Crippen LogP contribution is -2.48. The van der Waals surface area contributed by atoms with Crippen molar-refractivity contribution in [2.45, 2.75) is 27.2 Å². The van der Waals surface area contributed by atoms with Gasteiger partial charge in [-0.05, 0) is 37.1 Å². The molecule has 2 rings (SSSR count). The number of rotatable bonds is 5. The summed E-state index contributed by atoms with van der Waals surface area (Å²) < 4.78 is 0. The van der Waals surface area contributed by atoms with Crippen molar-refractivity contribution >= 4 is 23.9 Å². The highest BCUT2D eigenvalue weighted by Gasteiger charge is 2.21. The summed E-state index contributed by atoms with van der Waals surface area (Å²) in [5, 5.41) is 0. The fourth-order valence-corrected chi connectivity index (χ4v) is 3.02. The summed E-state index contributed by atoms with van der Waals surface area (Å²) >= 11 is 0. The molecule has 3 amide bonds. The number of hydrogen-bond donors (Lipinski definition) is 0. The Balaban J connectivity index is 1.98. The molecule has 0 atom stereocenters. The lowest BCUT2D eigenvalue weighted by atomic mass is 10.1. The van der Waals surface area contributed by atoms with Crippen LogP contribution in [0.4, 0.5) is 5.69 Å². The van der Waals surface area contributed by atoms with E-state index >= 15 is 0 Å². The first-order valence-electron chi connectivity index (χ1n) is 8.24. The summed E-state index contributed by atoms with van der Waals surface area (Å²) in [6.07, 6.45) is 1.10. The fraction of sp³-hybridized carbons (Fsp3) is 0.500. The van der Waals surface area contributed by atoms with E-state index in [0.29, 0.717) is 32.7 Å². The Hall–Kier alpha value is -2.37. The molecule has 1 saturated heterocycles. The molecule has 0 spiro atoms. The lowest BCUT2D eigenvalue weighted by molar-refractivity contribution is -0.135. The highest BCUT2D eigenvalue weighted by atomic mass is 16.2. The van der Waals surface area contributed by atoms with Gasteiger partial charge in [-0.1, -0.05) is 6.07 Å². The van der Waals surface area contributed by atoms with E-state index in [1.807, 2.05) is 26.0 Å². The average molecular weight is 331 g/mol. The third kappa shape index (κ3) is 4.57. The third-order valence-electron chi connectivity index (χ3n) is 4.26. The van der Waals surface area contributed by atoms with Crippen molar-refractivity contribution in [2.24, 2.45) is 0 Å². The van der Waals surface area contributed by atoms with Crippen LogP contribution in [-0.4, -0.2) is 60.7 Å². The zero-order valence-electron chi connectivity index (χ0n) is 14.6. The summed E-state index contributed by atoms with van der Waals surface area (Å²) in [5.41, 5.74) is 3.01. The highest BCUT2D eigenvalue weighted by Crippen LogP contribution is 2.19. The Morgan fingerprint density at radius 3 is 2.17 bits per heavy atom. The van der Waals surface area contributed by atoms with Crippen molar-refractivity contribution in [3.8, 4) is 0 Å². The Labute approximate surface area is 143 Å². The van der Waals surface area contributed by atoms with Crippen molar-refractivity contribution in [2.75, 3.05) is 37.6 Å². The smallest absolute Gasteiger partial charge is 0.224 e. The first-order chi connectivity index (χ1) is 11.4. The maximum atomic E-state index is 12.4. The van der Waals surface area contributed by atoms with Gasteiger partial charge in [0.2, 0.25) is 18.2 Å². The van der Waals surface area contributed by atoms with Gasteiger partial charge in [0.05, 0.1) is 0 Å². The zero-order valence-corrected chi connectivity index (χ0v) is 14.6. The monoisotopic (exact) mass is 331 g/mol. The van der Waals surface area contributed by atoms with Crippen LogP contribution in [0.25, 0.3) is 0 Å². The molecule has 0 aliphatic carbocycles. The number of carbonyl (C=O) groups is 3. The van der Waals surface area contributed by atoms with Gasteiger partial charge in [0, 0.05) is 51.8 Å². The van der Waals surface area contributed by atoms with Gasteiger partial charge < -0.3 is 14.7 Å². The molecule has 6 heteroatoms. The Morgan fingerprint density at radius 2 is 1.67 bits per heavy atom. The van der Waals surface area contributed by atoms with E-state index in [1.54, 1.807) is 14.7 Å². The van der Waals surface area contributed by atoms with Gasteiger partial charge in [-0.2, -0.15) is 0 Å². The van der Waals surface area contributed by atoms with Crippen LogP contribution >= 0.6 is 0 Å². The summed E-state index contributed by atoms with van der Waals surface area (Å²) in [6, 6.07) is 5.98. The number of anilines is 1. The third-order valence-corrected chi connectivity index (χ3v) is 4.26. The van der Waals surface area contributed by atoms with Gasteiger partial charge in [-0.15, -0.1) is 0 Å². The molecule has 0 unspecified atom stereocenters. The molecule has 1 aromatic rings. The second-order valence-electron chi connectivity index (χ2n) is 6.29. The van der Waals surface area contributed by atoms with Crippen LogP contribution in [0.3, 0.4) is 0 Å². The Kier molecular flexibility index (Phi) is 5.95. The van der Waals surface area contributed by atoms with Crippen LogP contribution < -0.4 is 4.90 Å². The predicted molar refractivity (Wildman–Crippen MR) is 92.8 cm³/mol. The van der Waals surface area contributed by atoms with E-state index in [4.69, 9.17) is 0 Å². The molecule has 24 heavy (non-hydrogen) atoms. The quantitative estimate of drug-likeness (QED) is 0.765.